The summed E-state index contributed by atoms with van der Waals surface area (Å²) in [6.45, 7) is 1.48. The average molecular weight is 375 g/mol. The third-order valence-corrected chi connectivity index (χ3v) is 4.39. The van der Waals surface area contributed by atoms with Crippen LogP contribution >= 0.6 is 23.4 Å². The molecule has 1 atom stereocenters. The van der Waals surface area contributed by atoms with E-state index >= 15 is 0 Å². The predicted octanol–water partition coefficient (Wildman–Crippen LogP) is 4.12. The number of nitriles is 1. The molecule has 0 saturated heterocycles. The van der Waals surface area contributed by atoms with Gasteiger partial charge in [0.25, 0.3) is 5.91 Å². The first kappa shape index (κ1) is 18.8. The van der Waals surface area contributed by atoms with Crippen LogP contribution in [0.3, 0.4) is 0 Å². The fourth-order valence-electron chi connectivity index (χ4n) is 1.94. The summed E-state index contributed by atoms with van der Waals surface area (Å²) in [5.41, 5.74) is 1.10. The van der Waals surface area contributed by atoms with Crippen LogP contribution in [0.4, 0.5) is 5.69 Å². The Labute approximate surface area is 154 Å². The highest BCUT2D eigenvalue weighted by Crippen LogP contribution is 2.20. The van der Waals surface area contributed by atoms with Gasteiger partial charge in [-0.15, -0.1) is 11.8 Å². The van der Waals surface area contributed by atoms with Gasteiger partial charge in [-0.25, -0.2) is 4.79 Å². The second kappa shape index (κ2) is 8.56. The molecule has 0 fully saturated rings. The van der Waals surface area contributed by atoms with Crippen molar-refractivity contribution in [2.45, 2.75) is 17.9 Å². The Morgan fingerprint density at radius 2 is 1.92 bits per heavy atom. The maximum absolute atomic E-state index is 12.1. The molecule has 2 rings (SSSR count). The van der Waals surface area contributed by atoms with Crippen LogP contribution in [0, 0.1) is 11.3 Å². The van der Waals surface area contributed by atoms with Gasteiger partial charge in [-0.2, -0.15) is 5.26 Å². The van der Waals surface area contributed by atoms with Crippen molar-refractivity contribution < 1.29 is 14.3 Å². The fourth-order valence-corrected chi connectivity index (χ4v) is 2.57. The Morgan fingerprint density at radius 1 is 1.24 bits per heavy atom. The first-order valence-electron chi connectivity index (χ1n) is 7.30. The van der Waals surface area contributed by atoms with Crippen molar-refractivity contribution in [3.8, 4) is 6.07 Å². The normalized spacial score (nSPS) is 11.3. The molecule has 25 heavy (non-hydrogen) atoms. The van der Waals surface area contributed by atoms with Crippen LogP contribution in [0.2, 0.25) is 5.02 Å². The van der Waals surface area contributed by atoms with Gasteiger partial charge >= 0.3 is 5.97 Å². The van der Waals surface area contributed by atoms with Crippen LogP contribution in [0.15, 0.2) is 47.4 Å². The van der Waals surface area contributed by atoms with Gasteiger partial charge in [0, 0.05) is 10.6 Å². The van der Waals surface area contributed by atoms with E-state index in [9.17, 15) is 9.59 Å². The number of carbonyl (C=O) groups excluding carboxylic acids is 2. The summed E-state index contributed by atoms with van der Waals surface area (Å²) in [6.07, 6.45) is 0.956. The first-order chi connectivity index (χ1) is 11.9. The van der Waals surface area contributed by atoms with Crippen molar-refractivity contribution in [2.24, 2.45) is 0 Å². The number of hydrogen-bond acceptors (Lipinski definition) is 5. The number of anilines is 1. The molecule has 1 N–H and O–H groups in total. The van der Waals surface area contributed by atoms with Crippen molar-refractivity contribution >= 4 is 40.9 Å². The second-order valence-electron chi connectivity index (χ2n) is 5.07. The van der Waals surface area contributed by atoms with Crippen LogP contribution in [0.1, 0.15) is 22.8 Å². The topological polar surface area (TPSA) is 79.2 Å². The van der Waals surface area contributed by atoms with Gasteiger partial charge in [0.1, 0.15) is 6.07 Å². The molecule has 1 amide bonds. The van der Waals surface area contributed by atoms with Crippen molar-refractivity contribution in [3.63, 3.8) is 0 Å². The van der Waals surface area contributed by atoms with E-state index in [0.29, 0.717) is 16.8 Å². The van der Waals surface area contributed by atoms with Crippen molar-refractivity contribution in [2.75, 3.05) is 11.6 Å². The highest BCUT2D eigenvalue weighted by atomic mass is 35.5. The minimum absolute atomic E-state index is 0.235. The molecule has 7 heteroatoms. The molecule has 2 aromatic rings. The Kier molecular flexibility index (Phi) is 6.45. The summed E-state index contributed by atoms with van der Waals surface area (Å²) < 4.78 is 5.18. The molecule has 0 bridgehead atoms. The lowest BCUT2D eigenvalue weighted by Gasteiger charge is -2.14. The summed E-state index contributed by atoms with van der Waals surface area (Å²) in [4.78, 5) is 25.3. The molecule has 128 valence electrons. The van der Waals surface area contributed by atoms with E-state index in [2.05, 4.69) is 5.32 Å². The van der Waals surface area contributed by atoms with Crippen LogP contribution in [-0.4, -0.2) is 24.2 Å². The molecule has 2 aromatic carbocycles. The SMILES string of the molecule is CSc1ccc(C(=O)O[C@H](C)C(=O)Nc2ccc(C#N)c(Cl)c2)cc1. The smallest absolute Gasteiger partial charge is 0.338 e. The molecule has 0 saturated carbocycles. The van der Waals surface area contributed by atoms with Crippen LogP contribution < -0.4 is 5.32 Å². The van der Waals surface area contributed by atoms with E-state index < -0.39 is 18.0 Å². The van der Waals surface area contributed by atoms with Gasteiger partial charge < -0.3 is 10.1 Å². The number of halogens is 1. The van der Waals surface area contributed by atoms with Gasteiger partial charge in [0.2, 0.25) is 0 Å². The first-order valence-corrected chi connectivity index (χ1v) is 8.90. The molecule has 0 aliphatic heterocycles. The quantitative estimate of drug-likeness (QED) is 0.629. The predicted molar refractivity (Wildman–Crippen MR) is 97.9 cm³/mol. The number of hydrogen-bond donors (Lipinski definition) is 1. The number of nitrogens with zero attached hydrogens (tertiary/aromatic N) is 1. The Balaban J connectivity index is 1.98. The second-order valence-corrected chi connectivity index (χ2v) is 6.36. The van der Waals surface area contributed by atoms with Gasteiger partial charge in [-0.3, -0.25) is 4.79 Å². The minimum Gasteiger partial charge on any atom is -0.449 e. The number of ether oxygens (including phenoxy) is 1. The summed E-state index contributed by atoms with van der Waals surface area (Å²) >= 11 is 7.49. The van der Waals surface area contributed by atoms with Gasteiger partial charge in [-0.05, 0) is 55.6 Å². The maximum Gasteiger partial charge on any atom is 0.338 e. The Bertz CT molecular complexity index is 831. The molecule has 0 radical (unpaired) electrons. The van der Waals surface area contributed by atoms with E-state index in [1.807, 2.05) is 24.5 Å². The lowest BCUT2D eigenvalue weighted by molar-refractivity contribution is -0.123. The third kappa shape index (κ3) is 4.99. The molecule has 0 aliphatic rings. The number of benzene rings is 2. The number of rotatable bonds is 5. The zero-order valence-corrected chi connectivity index (χ0v) is 15.1. The van der Waals surface area contributed by atoms with Gasteiger partial charge in [-0.1, -0.05) is 11.6 Å². The molecular formula is C18H15ClN2O3S. The molecule has 0 aromatic heterocycles. The van der Waals surface area contributed by atoms with E-state index in [1.165, 1.54) is 19.1 Å². The fraction of sp³-hybridized carbons (Fsp3) is 0.167. The largest absolute Gasteiger partial charge is 0.449 e. The number of amides is 1. The van der Waals surface area contributed by atoms with Gasteiger partial charge in [0.15, 0.2) is 6.10 Å². The summed E-state index contributed by atoms with van der Waals surface area (Å²) in [5.74, 6) is -1.07. The van der Waals surface area contributed by atoms with E-state index in [0.717, 1.165) is 4.90 Å². The molecule has 0 unspecified atom stereocenters. The molecular weight excluding hydrogens is 360 g/mol. The summed E-state index contributed by atoms with van der Waals surface area (Å²) in [6, 6.07) is 13.4. The third-order valence-electron chi connectivity index (χ3n) is 3.34. The molecule has 5 nitrogen and oxygen atoms in total. The van der Waals surface area contributed by atoms with Crippen molar-refractivity contribution in [1.29, 1.82) is 5.26 Å². The van der Waals surface area contributed by atoms with Gasteiger partial charge in [0.05, 0.1) is 16.1 Å². The zero-order chi connectivity index (χ0) is 18.4. The van der Waals surface area contributed by atoms with E-state index in [-0.39, 0.29) is 5.02 Å². The minimum atomic E-state index is -0.984. The van der Waals surface area contributed by atoms with E-state index in [1.54, 1.807) is 30.0 Å². The molecule has 0 heterocycles. The number of esters is 1. The highest BCUT2D eigenvalue weighted by molar-refractivity contribution is 7.98. The number of nitrogens with one attached hydrogen (secondary N) is 1. The maximum atomic E-state index is 12.1. The Morgan fingerprint density at radius 3 is 2.48 bits per heavy atom. The van der Waals surface area contributed by atoms with Crippen LogP contribution in [0.25, 0.3) is 0 Å². The monoisotopic (exact) mass is 374 g/mol. The lowest BCUT2D eigenvalue weighted by Crippen LogP contribution is -2.30. The molecule has 0 aliphatic carbocycles. The number of carbonyl (C=O) groups is 2. The van der Waals surface area contributed by atoms with Crippen LogP contribution in [-0.2, 0) is 9.53 Å². The van der Waals surface area contributed by atoms with Crippen molar-refractivity contribution in [3.05, 3.63) is 58.6 Å². The van der Waals surface area contributed by atoms with Crippen LogP contribution in [0.5, 0.6) is 0 Å². The zero-order valence-electron chi connectivity index (χ0n) is 13.6. The highest BCUT2D eigenvalue weighted by Gasteiger charge is 2.19. The number of thioether (sulfide) groups is 1. The summed E-state index contributed by atoms with van der Waals surface area (Å²) in [7, 11) is 0. The lowest BCUT2D eigenvalue weighted by atomic mass is 10.2. The molecule has 0 spiro atoms. The van der Waals surface area contributed by atoms with Crippen molar-refractivity contribution in [1.82, 2.24) is 0 Å². The standard InChI is InChI=1S/C18H15ClN2O3S/c1-11(24-18(23)12-4-7-15(25-2)8-5-12)17(22)21-14-6-3-13(10-20)16(19)9-14/h3-9,11H,1-2H3,(H,21,22)/t11-/m1/s1. The Hall–Kier alpha value is -2.49. The van der Waals surface area contributed by atoms with E-state index in [4.69, 9.17) is 21.6 Å². The average Bonchev–Trinajstić information content (AvgIpc) is 2.61. The summed E-state index contributed by atoms with van der Waals surface area (Å²) in [5, 5.41) is 11.7.